The van der Waals surface area contributed by atoms with Crippen LogP contribution in [0.1, 0.15) is 15.2 Å². The molecule has 18 heavy (non-hydrogen) atoms. The lowest BCUT2D eigenvalue weighted by Crippen LogP contribution is -2.11. The summed E-state index contributed by atoms with van der Waals surface area (Å²) < 4.78 is 0. The van der Waals surface area contributed by atoms with Gasteiger partial charge in [-0.25, -0.2) is 0 Å². The van der Waals surface area contributed by atoms with Crippen LogP contribution in [0, 0.1) is 17.0 Å². The summed E-state index contributed by atoms with van der Waals surface area (Å²) >= 11 is 1.29. The molecule has 5 nitrogen and oxygen atoms in total. The molecular formula is C12H10N2O3S. The van der Waals surface area contributed by atoms with Crippen LogP contribution in [-0.4, -0.2) is 10.8 Å². The van der Waals surface area contributed by atoms with Gasteiger partial charge in [0.05, 0.1) is 9.80 Å². The first-order chi connectivity index (χ1) is 8.58. The fraction of sp³-hybridized carbons (Fsp3) is 0.0833. The molecule has 0 saturated carbocycles. The Labute approximate surface area is 107 Å². The second-order valence-electron chi connectivity index (χ2n) is 3.71. The summed E-state index contributed by atoms with van der Waals surface area (Å²) in [5, 5.41) is 15.2. The number of thiophene rings is 1. The van der Waals surface area contributed by atoms with Crippen molar-refractivity contribution < 1.29 is 9.72 Å². The number of nitro groups is 1. The molecule has 6 heteroatoms. The minimum absolute atomic E-state index is 0.0973. The second kappa shape index (κ2) is 4.97. The van der Waals surface area contributed by atoms with Crippen molar-refractivity contribution in [2.45, 2.75) is 6.92 Å². The highest BCUT2D eigenvalue weighted by molar-refractivity contribution is 7.12. The summed E-state index contributed by atoms with van der Waals surface area (Å²) in [5.41, 5.74) is 0.889. The van der Waals surface area contributed by atoms with E-state index in [2.05, 4.69) is 5.32 Å². The molecule has 0 fully saturated rings. The molecule has 2 aromatic rings. The maximum Gasteiger partial charge on any atom is 0.293 e. The van der Waals surface area contributed by atoms with E-state index in [0.717, 1.165) is 5.56 Å². The number of nitro benzene ring substituents is 1. The van der Waals surface area contributed by atoms with Gasteiger partial charge in [-0.05, 0) is 30.0 Å². The quantitative estimate of drug-likeness (QED) is 0.681. The van der Waals surface area contributed by atoms with E-state index < -0.39 is 4.92 Å². The van der Waals surface area contributed by atoms with Gasteiger partial charge in [0.15, 0.2) is 0 Å². The lowest BCUT2D eigenvalue weighted by molar-refractivity contribution is -0.384. The number of amides is 1. The Hall–Kier alpha value is -2.21. The monoisotopic (exact) mass is 262 g/mol. The lowest BCUT2D eigenvalue weighted by Gasteiger charge is -2.05. The van der Waals surface area contributed by atoms with E-state index in [-0.39, 0.29) is 17.3 Å². The number of nitrogens with zero attached hydrogens (tertiary/aromatic N) is 1. The molecule has 1 aromatic carbocycles. The Balaban J connectivity index is 2.29. The van der Waals surface area contributed by atoms with Crippen LogP contribution in [0.25, 0.3) is 0 Å². The van der Waals surface area contributed by atoms with Crippen LogP contribution >= 0.6 is 11.3 Å². The minimum Gasteiger partial charge on any atom is -0.316 e. The molecule has 1 N–H and O–H groups in total. The maximum absolute atomic E-state index is 11.8. The predicted octanol–water partition coefficient (Wildman–Crippen LogP) is 3.22. The van der Waals surface area contributed by atoms with Crippen molar-refractivity contribution in [3.63, 3.8) is 0 Å². The van der Waals surface area contributed by atoms with Crippen LogP contribution < -0.4 is 5.32 Å². The topological polar surface area (TPSA) is 72.2 Å². The van der Waals surface area contributed by atoms with Gasteiger partial charge in [0.25, 0.3) is 11.6 Å². The highest BCUT2D eigenvalue weighted by Crippen LogP contribution is 2.26. The zero-order valence-corrected chi connectivity index (χ0v) is 10.4. The maximum atomic E-state index is 11.8. The molecule has 2 rings (SSSR count). The standard InChI is InChI=1S/C12H10N2O3S/c1-8-4-5-9(10(7-8)14(16)17)13-12(15)11-3-2-6-18-11/h2-7H,1H3,(H,13,15). The average molecular weight is 262 g/mol. The van der Waals surface area contributed by atoms with E-state index in [0.29, 0.717) is 4.88 Å². The molecule has 0 aliphatic rings. The number of hydrogen-bond acceptors (Lipinski definition) is 4. The zero-order valence-electron chi connectivity index (χ0n) is 9.54. The van der Waals surface area contributed by atoms with E-state index in [1.807, 2.05) is 0 Å². The molecule has 0 aliphatic heterocycles. The molecule has 0 spiro atoms. The van der Waals surface area contributed by atoms with E-state index in [1.165, 1.54) is 17.4 Å². The lowest BCUT2D eigenvalue weighted by atomic mass is 10.2. The number of rotatable bonds is 3. The molecule has 0 aliphatic carbocycles. The SMILES string of the molecule is Cc1ccc(NC(=O)c2cccs2)c([N+](=O)[O-])c1. The molecular weight excluding hydrogens is 252 g/mol. The van der Waals surface area contributed by atoms with Gasteiger partial charge in [-0.3, -0.25) is 14.9 Å². The molecule has 1 amide bonds. The fourth-order valence-corrected chi connectivity index (χ4v) is 2.11. The van der Waals surface area contributed by atoms with Crippen LogP contribution in [-0.2, 0) is 0 Å². The summed E-state index contributed by atoms with van der Waals surface area (Å²) in [5.74, 6) is -0.336. The van der Waals surface area contributed by atoms with E-state index >= 15 is 0 Å². The summed E-state index contributed by atoms with van der Waals surface area (Å²) in [6, 6.07) is 8.11. The highest BCUT2D eigenvalue weighted by atomic mass is 32.1. The first kappa shape index (κ1) is 12.3. The molecule has 1 aromatic heterocycles. The van der Waals surface area contributed by atoms with Crippen molar-refractivity contribution in [1.29, 1.82) is 0 Å². The number of benzene rings is 1. The third kappa shape index (κ3) is 2.54. The van der Waals surface area contributed by atoms with Crippen LogP contribution in [0.5, 0.6) is 0 Å². The van der Waals surface area contributed by atoms with Crippen molar-refractivity contribution in [3.8, 4) is 0 Å². The number of carbonyl (C=O) groups excluding carboxylic acids is 1. The van der Waals surface area contributed by atoms with Crippen LogP contribution in [0.4, 0.5) is 11.4 Å². The van der Waals surface area contributed by atoms with Crippen molar-refractivity contribution >= 4 is 28.6 Å². The molecule has 92 valence electrons. The van der Waals surface area contributed by atoms with Gasteiger partial charge >= 0.3 is 0 Å². The van der Waals surface area contributed by atoms with Gasteiger partial charge < -0.3 is 5.32 Å². The van der Waals surface area contributed by atoms with Crippen LogP contribution in [0.2, 0.25) is 0 Å². The van der Waals surface area contributed by atoms with Crippen molar-refractivity contribution in [1.82, 2.24) is 0 Å². The van der Waals surface area contributed by atoms with Gasteiger partial charge in [0.1, 0.15) is 5.69 Å². The highest BCUT2D eigenvalue weighted by Gasteiger charge is 2.16. The number of anilines is 1. The normalized spacial score (nSPS) is 10.1. The third-order valence-electron chi connectivity index (χ3n) is 2.34. The van der Waals surface area contributed by atoms with Gasteiger partial charge in [-0.15, -0.1) is 11.3 Å². The molecule has 0 bridgehead atoms. The Kier molecular flexibility index (Phi) is 3.38. The summed E-state index contributed by atoms with van der Waals surface area (Å²) in [7, 11) is 0. The first-order valence-electron chi connectivity index (χ1n) is 5.18. The smallest absolute Gasteiger partial charge is 0.293 e. The summed E-state index contributed by atoms with van der Waals surface area (Å²) in [4.78, 5) is 22.7. The van der Waals surface area contributed by atoms with Gasteiger partial charge in [-0.1, -0.05) is 12.1 Å². The number of nitrogens with one attached hydrogen (secondary N) is 1. The Morgan fingerprint density at radius 2 is 2.17 bits per heavy atom. The molecule has 0 radical (unpaired) electrons. The summed E-state index contributed by atoms with van der Waals surface area (Å²) in [6.07, 6.45) is 0. The first-order valence-corrected chi connectivity index (χ1v) is 6.06. The van der Waals surface area contributed by atoms with Crippen molar-refractivity contribution in [2.24, 2.45) is 0 Å². The average Bonchev–Trinajstić information content (AvgIpc) is 2.84. The van der Waals surface area contributed by atoms with Crippen molar-refractivity contribution in [3.05, 3.63) is 56.3 Å². The Bertz CT molecular complexity index is 593. The Morgan fingerprint density at radius 1 is 1.39 bits per heavy atom. The second-order valence-corrected chi connectivity index (χ2v) is 4.66. The zero-order chi connectivity index (χ0) is 13.1. The predicted molar refractivity (Wildman–Crippen MR) is 70.1 cm³/mol. The largest absolute Gasteiger partial charge is 0.316 e. The Morgan fingerprint density at radius 3 is 2.78 bits per heavy atom. The van der Waals surface area contributed by atoms with Crippen LogP contribution in [0.15, 0.2) is 35.7 Å². The van der Waals surface area contributed by atoms with E-state index in [9.17, 15) is 14.9 Å². The molecule has 0 atom stereocenters. The summed E-state index contributed by atoms with van der Waals surface area (Å²) in [6.45, 7) is 1.76. The number of hydrogen-bond donors (Lipinski definition) is 1. The minimum atomic E-state index is -0.503. The number of aryl methyl sites for hydroxylation is 1. The van der Waals surface area contributed by atoms with Gasteiger partial charge in [0.2, 0.25) is 0 Å². The molecule has 0 unspecified atom stereocenters. The third-order valence-corrected chi connectivity index (χ3v) is 3.21. The van der Waals surface area contributed by atoms with E-state index in [1.54, 1.807) is 36.6 Å². The van der Waals surface area contributed by atoms with Gasteiger partial charge in [0, 0.05) is 6.07 Å². The fourth-order valence-electron chi connectivity index (χ4n) is 1.49. The van der Waals surface area contributed by atoms with Crippen LogP contribution in [0.3, 0.4) is 0 Å². The number of carbonyl (C=O) groups is 1. The van der Waals surface area contributed by atoms with Crippen molar-refractivity contribution in [2.75, 3.05) is 5.32 Å². The molecule has 0 saturated heterocycles. The van der Waals surface area contributed by atoms with E-state index in [4.69, 9.17) is 0 Å². The van der Waals surface area contributed by atoms with Gasteiger partial charge in [-0.2, -0.15) is 0 Å². The molecule has 1 heterocycles.